The molecular formula is C17H17NO7. The number of nitro benzene ring substituents is 1. The fraction of sp³-hybridized carbons (Fsp3) is 0.353. The van der Waals surface area contributed by atoms with Gasteiger partial charge in [0.2, 0.25) is 0 Å². The van der Waals surface area contributed by atoms with Crippen molar-refractivity contribution in [3.63, 3.8) is 0 Å². The van der Waals surface area contributed by atoms with Crippen LogP contribution in [0.15, 0.2) is 29.8 Å². The monoisotopic (exact) mass is 347 g/mol. The highest BCUT2D eigenvalue weighted by Crippen LogP contribution is 2.44. The molecule has 0 amide bonds. The Morgan fingerprint density at radius 3 is 2.04 bits per heavy atom. The zero-order valence-electron chi connectivity index (χ0n) is 14.0. The highest BCUT2D eigenvalue weighted by atomic mass is 16.6. The highest BCUT2D eigenvalue weighted by Gasteiger charge is 2.55. The smallest absolute Gasteiger partial charge is 0.324 e. The number of carbonyl (C=O) groups is 3. The molecule has 0 N–H and O–H groups in total. The lowest BCUT2D eigenvalue weighted by molar-refractivity contribution is -0.384. The zero-order chi connectivity index (χ0) is 18.8. The molecule has 1 aliphatic rings. The molecule has 1 aromatic rings. The van der Waals surface area contributed by atoms with Gasteiger partial charge >= 0.3 is 11.9 Å². The Labute approximate surface area is 143 Å². The number of ether oxygens (including phenoxy) is 2. The van der Waals surface area contributed by atoms with Gasteiger partial charge in [0.25, 0.3) is 5.69 Å². The van der Waals surface area contributed by atoms with E-state index in [1.54, 1.807) is 6.92 Å². The normalized spacial score (nSPS) is 17.8. The Kier molecular flexibility index (Phi) is 5.01. The van der Waals surface area contributed by atoms with Crippen molar-refractivity contribution in [2.45, 2.75) is 19.8 Å². The Morgan fingerprint density at radius 2 is 1.60 bits per heavy atom. The van der Waals surface area contributed by atoms with Crippen molar-refractivity contribution in [2.75, 3.05) is 14.2 Å². The van der Waals surface area contributed by atoms with E-state index in [-0.39, 0.29) is 24.3 Å². The van der Waals surface area contributed by atoms with Crippen LogP contribution >= 0.6 is 0 Å². The topological polar surface area (TPSA) is 113 Å². The molecule has 1 aliphatic carbocycles. The minimum absolute atomic E-state index is 0.0715. The van der Waals surface area contributed by atoms with Gasteiger partial charge in [0.05, 0.1) is 19.1 Å². The van der Waals surface area contributed by atoms with E-state index in [4.69, 9.17) is 9.47 Å². The lowest BCUT2D eigenvalue weighted by Gasteiger charge is -2.21. The van der Waals surface area contributed by atoms with E-state index in [1.165, 1.54) is 24.3 Å². The highest BCUT2D eigenvalue weighted by molar-refractivity contribution is 6.15. The first-order valence-electron chi connectivity index (χ1n) is 7.41. The third-order valence-electron chi connectivity index (χ3n) is 4.39. The molecule has 1 saturated carbocycles. The lowest BCUT2D eigenvalue weighted by atomic mass is 9.85. The molecule has 0 aromatic heterocycles. The number of nitrogens with zero attached hydrogens (tertiary/aromatic N) is 1. The summed E-state index contributed by atoms with van der Waals surface area (Å²) in [6.07, 6.45) is -0.458. The van der Waals surface area contributed by atoms with Crippen molar-refractivity contribution in [3.05, 3.63) is 45.5 Å². The van der Waals surface area contributed by atoms with E-state index in [2.05, 4.69) is 0 Å². The van der Waals surface area contributed by atoms with Gasteiger partial charge in [-0.2, -0.15) is 0 Å². The summed E-state index contributed by atoms with van der Waals surface area (Å²) in [6.45, 7) is 1.67. The predicted molar refractivity (Wildman–Crippen MR) is 86.4 cm³/mol. The van der Waals surface area contributed by atoms with Crippen molar-refractivity contribution in [2.24, 2.45) is 5.41 Å². The second-order valence-electron chi connectivity index (χ2n) is 5.75. The summed E-state index contributed by atoms with van der Waals surface area (Å²) in [7, 11) is 2.28. The Morgan fingerprint density at radius 1 is 1.08 bits per heavy atom. The molecule has 1 fully saturated rings. The number of nitro groups is 1. The fourth-order valence-corrected chi connectivity index (χ4v) is 2.96. The van der Waals surface area contributed by atoms with Gasteiger partial charge in [-0.25, -0.2) is 0 Å². The summed E-state index contributed by atoms with van der Waals surface area (Å²) in [5.74, 6) is -2.00. The van der Waals surface area contributed by atoms with Gasteiger partial charge in [0.15, 0.2) is 11.2 Å². The van der Waals surface area contributed by atoms with Crippen LogP contribution in [0, 0.1) is 15.5 Å². The molecule has 0 unspecified atom stereocenters. The van der Waals surface area contributed by atoms with Crippen molar-refractivity contribution in [3.8, 4) is 0 Å². The molecule has 8 heteroatoms. The molecule has 0 bridgehead atoms. The first-order chi connectivity index (χ1) is 11.8. The number of non-ortho nitro benzene ring substituents is 1. The number of carbonyl (C=O) groups excluding carboxylic acids is 3. The molecule has 8 nitrogen and oxygen atoms in total. The SMILES string of the molecule is COC(=O)C1(C(=O)OC)CC(=O)/C(=C(/C)c2ccc([N+](=O)[O-])cc2)C1. The molecule has 0 saturated heterocycles. The minimum atomic E-state index is -1.68. The molecule has 0 radical (unpaired) electrons. The van der Waals surface area contributed by atoms with E-state index < -0.39 is 22.3 Å². The number of benzene rings is 1. The second kappa shape index (κ2) is 6.84. The average Bonchev–Trinajstić information content (AvgIpc) is 2.98. The number of Topliss-reactive ketones (excluding diaryl/α,β-unsaturated/α-hetero) is 1. The summed E-state index contributed by atoms with van der Waals surface area (Å²) < 4.78 is 9.39. The van der Waals surface area contributed by atoms with Crippen molar-refractivity contribution in [1.29, 1.82) is 0 Å². The number of allylic oxidation sites excluding steroid dienone is 2. The summed E-state index contributed by atoms with van der Waals surface area (Å²) in [5, 5.41) is 10.7. The van der Waals surface area contributed by atoms with Crippen molar-refractivity contribution >= 4 is 29.0 Å². The van der Waals surface area contributed by atoms with Gasteiger partial charge in [-0.3, -0.25) is 24.5 Å². The third-order valence-corrected chi connectivity index (χ3v) is 4.39. The van der Waals surface area contributed by atoms with Crippen LogP contribution in [0.2, 0.25) is 0 Å². The van der Waals surface area contributed by atoms with Crippen LogP contribution in [0.5, 0.6) is 0 Å². The summed E-state index contributed by atoms with van der Waals surface area (Å²) in [5.41, 5.74) is -0.297. The van der Waals surface area contributed by atoms with Crippen LogP contribution in [0.4, 0.5) is 5.69 Å². The maximum atomic E-state index is 12.4. The third kappa shape index (κ3) is 3.15. The molecule has 0 aliphatic heterocycles. The van der Waals surface area contributed by atoms with Gasteiger partial charge in [-0.05, 0) is 30.2 Å². The first-order valence-corrected chi connectivity index (χ1v) is 7.41. The van der Waals surface area contributed by atoms with Gasteiger partial charge in [0.1, 0.15) is 0 Å². The zero-order valence-corrected chi connectivity index (χ0v) is 14.0. The molecule has 132 valence electrons. The molecule has 0 atom stereocenters. The Balaban J connectivity index is 2.46. The first kappa shape index (κ1) is 18.3. The molecular weight excluding hydrogens is 330 g/mol. The van der Waals surface area contributed by atoms with Crippen LogP contribution in [0.3, 0.4) is 0 Å². The summed E-state index contributed by atoms with van der Waals surface area (Å²) in [4.78, 5) is 46.9. The van der Waals surface area contributed by atoms with E-state index >= 15 is 0 Å². The van der Waals surface area contributed by atoms with Crippen molar-refractivity contribution in [1.82, 2.24) is 0 Å². The minimum Gasteiger partial charge on any atom is -0.468 e. The van der Waals surface area contributed by atoms with Crippen LogP contribution < -0.4 is 0 Å². The predicted octanol–water partition coefficient (Wildman–Crippen LogP) is 2.06. The number of hydrogen-bond donors (Lipinski definition) is 0. The van der Waals surface area contributed by atoms with Crippen LogP contribution in [-0.2, 0) is 23.9 Å². The van der Waals surface area contributed by atoms with E-state index in [9.17, 15) is 24.5 Å². The second-order valence-corrected chi connectivity index (χ2v) is 5.75. The van der Waals surface area contributed by atoms with Gasteiger partial charge in [-0.1, -0.05) is 0 Å². The number of hydrogen-bond acceptors (Lipinski definition) is 7. The maximum Gasteiger partial charge on any atom is 0.324 e. The molecule has 25 heavy (non-hydrogen) atoms. The van der Waals surface area contributed by atoms with E-state index in [0.717, 1.165) is 14.2 Å². The standard InChI is InChI=1S/C17H17NO7/c1-10(11-4-6-12(7-5-11)18(22)23)13-8-17(9-14(13)19,15(20)24-2)16(21)25-3/h4-7H,8-9H2,1-3H3/b13-10-. The molecule has 2 rings (SSSR count). The summed E-state index contributed by atoms with van der Waals surface area (Å²) in [6, 6.07) is 5.69. The molecule has 0 heterocycles. The lowest BCUT2D eigenvalue weighted by Crippen LogP contribution is -2.39. The largest absolute Gasteiger partial charge is 0.468 e. The Hall–Kier alpha value is -3.03. The fourth-order valence-electron chi connectivity index (χ4n) is 2.96. The van der Waals surface area contributed by atoms with Gasteiger partial charge < -0.3 is 9.47 Å². The number of ketones is 1. The Bertz CT molecular complexity index is 761. The summed E-state index contributed by atoms with van der Waals surface area (Å²) >= 11 is 0. The van der Waals surface area contributed by atoms with Crippen LogP contribution in [-0.4, -0.2) is 36.9 Å². The number of esters is 2. The van der Waals surface area contributed by atoms with Crippen molar-refractivity contribution < 1.29 is 28.8 Å². The number of rotatable bonds is 4. The van der Waals surface area contributed by atoms with Gasteiger partial charge in [0, 0.05) is 30.5 Å². The molecule has 1 aromatic carbocycles. The maximum absolute atomic E-state index is 12.4. The van der Waals surface area contributed by atoms with Crippen LogP contribution in [0.25, 0.3) is 5.57 Å². The van der Waals surface area contributed by atoms with Gasteiger partial charge in [-0.15, -0.1) is 0 Å². The van der Waals surface area contributed by atoms with Crippen LogP contribution in [0.1, 0.15) is 25.3 Å². The van der Waals surface area contributed by atoms with E-state index in [0.29, 0.717) is 16.7 Å². The quantitative estimate of drug-likeness (QED) is 0.269. The van der Waals surface area contributed by atoms with E-state index in [1.807, 2.05) is 0 Å². The number of methoxy groups -OCH3 is 2. The molecule has 0 spiro atoms. The average molecular weight is 347 g/mol.